The Hall–Kier alpha value is -3.32. The zero-order chi connectivity index (χ0) is 20.6. The SMILES string of the molecule is Cc1ccc(S(=O)(=O)c2cc3ccccc3oc2=Nc2ccc(F)c(F)c2)cc1. The number of benzene rings is 3. The Balaban J connectivity index is 2.01. The number of rotatable bonds is 3. The van der Waals surface area contributed by atoms with Crippen molar-refractivity contribution in [2.75, 3.05) is 0 Å². The van der Waals surface area contributed by atoms with Crippen molar-refractivity contribution in [3.63, 3.8) is 0 Å². The Morgan fingerprint density at radius 2 is 1.59 bits per heavy atom. The highest BCUT2D eigenvalue weighted by atomic mass is 32.2. The van der Waals surface area contributed by atoms with E-state index in [9.17, 15) is 17.2 Å². The predicted molar refractivity (Wildman–Crippen MR) is 104 cm³/mol. The van der Waals surface area contributed by atoms with Gasteiger partial charge in [0.1, 0.15) is 10.5 Å². The van der Waals surface area contributed by atoms with Gasteiger partial charge in [0.25, 0.3) is 0 Å². The molecule has 7 heteroatoms. The van der Waals surface area contributed by atoms with Gasteiger partial charge in [-0.25, -0.2) is 22.2 Å². The highest BCUT2D eigenvalue weighted by molar-refractivity contribution is 7.91. The Morgan fingerprint density at radius 1 is 0.862 bits per heavy atom. The number of sulfone groups is 1. The van der Waals surface area contributed by atoms with Gasteiger partial charge in [-0.3, -0.25) is 0 Å². The lowest BCUT2D eigenvalue weighted by Gasteiger charge is -2.07. The van der Waals surface area contributed by atoms with Crippen LogP contribution in [0.1, 0.15) is 5.56 Å². The first-order valence-electron chi connectivity index (χ1n) is 8.69. The van der Waals surface area contributed by atoms with Crippen molar-refractivity contribution in [1.82, 2.24) is 0 Å². The summed E-state index contributed by atoms with van der Waals surface area (Å²) < 4.78 is 59.1. The lowest BCUT2D eigenvalue weighted by atomic mass is 10.2. The van der Waals surface area contributed by atoms with Crippen LogP contribution in [0.2, 0.25) is 0 Å². The molecule has 0 atom stereocenters. The van der Waals surface area contributed by atoms with Crippen LogP contribution in [-0.4, -0.2) is 8.42 Å². The second-order valence-corrected chi connectivity index (χ2v) is 8.40. The number of hydrogen-bond acceptors (Lipinski definition) is 4. The first-order valence-corrected chi connectivity index (χ1v) is 10.2. The molecule has 146 valence electrons. The second kappa shape index (κ2) is 7.25. The lowest BCUT2D eigenvalue weighted by Crippen LogP contribution is -2.15. The van der Waals surface area contributed by atoms with E-state index < -0.39 is 21.5 Å². The molecule has 0 saturated carbocycles. The molecule has 1 aromatic heterocycles. The molecule has 1 heterocycles. The van der Waals surface area contributed by atoms with E-state index in [1.165, 1.54) is 24.3 Å². The maximum absolute atomic E-state index is 13.6. The van der Waals surface area contributed by atoms with E-state index >= 15 is 0 Å². The molecule has 0 radical (unpaired) electrons. The van der Waals surface area contributed by atoms with E-state index in [1.807, 2.05) is 6.92 Å². The smallest absolute Gasteiger partial charge is 0.239 e. The van der Waals surface area contributed by atoms with Crippen molar-refractivity contribution in [3.8, 4) is 0 Å². The first-order chi connectivity index (χ1) is 13.8. The Kier molecular flexibility index (Phi) is 4.76. The van der Waals surface area contributed by atoms with Gasteiger partial charge in [-0.1, -0.05) is 35.9 Å². The molecule has 0 unspecified atom stereocenters. The van der Waals surface area contributed by atoms with E-state index in [0.717, 1.165) is 17.7 Å². The third-order valence-corrected chi connectivity index (χ3v) is 6.14. The first kappa shape index (κ1) is 19.0. The summed E-state index contributed by atoms with van der Waals surface area (Å²) in [5, 5.41) is 0.572. The zero-order valence-electron chi connectivity index (χ0n) is 15.3. The number of nitrogens with zero attached hydrogens (tertiary/aromatic N) is 1. The van der Waals surface area contributed by atoms with Crippen LogP contribution in [0.5, 0.6) is 0 Å². The zero-order valence-corrected chi connectivity index (χ0v) is 16.1. The third-order valence-electron chi connectivity index (χ3n) is 4.38. The summed E-state index contributed by atoms with van der Waals surface area (Å²) in [5.41, 5.74) is 1.15. The van der Waals surface area contributed by atoms with Crippen LogP contribution < -0.4 is 5.55 Å². The minimum absolute atomic E-state index is 0.0308. The normalized spacial score (nSPS) is 12.4. The molecule has 0 fully saturated rings. The number of fused-ring (bicyclic) bond motifs is 1. The van der Waals surface area contributed by atoms with Crippen LogP contribution in [-0.2, 0) is 9.84 Å². The molecule has 0 spiro atoms. The van der Waals surface area contributed by atoms with E-state index in [1.54, 1.807) is 36.4 Å². The summed E-state index contributed by atoms with van der Waals surface area (Å²) in [7, 11) is -3.97. The van der Waals surface area contributed by atoms with Crippen LogP contribution in [0.4, 0.5) is 14.5 Å². The highest BCUT2D eigenvalue weighted by Gasteiger charge is 2.22. The molecule has 0 N–H and O–H groups in total. The van der Waals surface area contributed by atoms with Gasteiger partial charge >= 0.3 is 0 Å². The monoisotopic (exact) mass is 411 g/mol. The van der Waals surface area contributed by atoms with Crippen LogP contribution in [0.3, 0.4) is 0 Å². The summed E-state index contributed by atoms with van der Waals surface area (Å²) >= 11 is 0. The van der Waals surface area contributed by atoms with Crippen molar-refractivity contribution in [1.29, 1.82) is 0 Å². The quantitative estimate of drug-likeness (QED) is 0.472. The second-order valence-electron chi connectivity index (χ2n) is 6.48. The fourth-order valence-corrected chi connectivity index (χ4v) is 4.18. The van der Waals surface area contributed by atoms with Gasteiger partial charge in [-0.2, -0.15) is 0 Å². The summed E-state index contributed by atoms with van der Waals surface area (Å²) in [6.45, 7) is 1.85. The third kappa shape index (κ3) is 3.69. The number of halogens is 2. The Bertz CT molecular complexity index is 1390. The van der Waals surface area contributed by atoms with E-state index in [-0.39, 0.29) is 21.0 Å². The Morgan fingerprint density at radius 3 is 2.31 bits per heavy atom. The van der Waals surface area contributed by atoms with Gasteiger partial charge < -0.3 is 4.42 Å². The fraction of sp³-hybridized carbons (Fsp3) is 0.0455. The molecule has 4 aromatic rings. The maximum atomic E-state index is 13.6. The van der Waals surface area contributed by atoms with Gasteiger partial charge in [0.05, 0.1) is 10.6 Å². The molecule has 0 amide bonds. The summed E-state index contributed by atoms with van der Waals surface area (Å²) in [6.07, 6.45) is 0. The largest absolute Gasteiger partial charge is 0.437 e. The van der Waals surface area contributed by atoms with Gasteiger partial charge in [0.2, 0.25) is 15.4 Å². The molecular weight excluding hydrogens is 396 g/mol. The van der Waals surface area contributed by atoms with Crippen LogP contribution in [0.25, 0.3) is 11.0 Å². The van der Waals surface area contributed by atoms with E-state index in [4.69, 9.17) is 4.42 Å². The van der Waals surface area contributed by atoms with Crippen molar-refractivity contribution in [2.24, 2.45) is 4.99 Å². The van der Waals surface area contributed by atoms with Crippen LogP contribution >= 0.6 is 0 Å². The van der Waals surface area contributed by atoms with Crippen molar-refractivity contribution in [2.45, 2.75) is 16.7 Å². The van der Waals surface area contributed by atoms with E-state index in [2.05, 4.69) is 4.99 Å². The molecule has 0 bridgehead atoms. The topological polar surface area (TPSA) is 59.6 Å². The van der Waals surface area contributed by atoms with Crippen LogP contribution in [0, 0.1) is 18.6 Å². The summed E-state index contributed by atoms with van der Waals surface area (Å²) in [5.74, 6) is -2.11. The average Bonchev–Trinajstić information content (AvgIpc) is 2.70. The molecule has 4 nitrogen and oxygen atoms in total. The van der Waals surface area contributed by atoms with Crippen molar-refractivity contribution in [3.05, 3.63) is 95.5 Å². The fourth-order valence-electron chi connectivity index (χ4n) is 2.84. The standard InChI is InChI=1S/C22H15F2NO3S/c1-14-6-9-17(10-7-14)29(26,27)21-12-15-4-2-3-5-20(15)28-22(21)25-16-8-11-18(23)19(24)13-16/h2-13H,1H3. The minimum Gasteiger partial charge on any atom is -0.437 e. The molecule has 4 rings (SSSR count). The molecule has 3 aromatic carbocycles. The maximum Gasteiger partial charge on any atom is 0.239 e. The Labute approximate surface area is 165 Å². The highest BCUT2D eigenvalue weighted by Crippen LogP contribution is 2.23. The van der Waals surface area contributed by atoms with Gasteiger partial charge in [-0.05, 0) is 43.3 Å². The number of aryl methyl sites for hydroxylation is 1. The van der Waals surface area contributed by atoms with Gasteiger partial charge in [0.15, 0.2) is 11.6 Å². The van der Waals surface area contributed by atoms with Crippen molar-refractivity contribution < 1.29 is 21.6 Å². The van der Waals surface area contributed by atoms with Crippen molar-refractivity contribution >= 4 is 26.5 Å². The lowest BCUT2D eigenvalue weighted by molar-refractivity contribution is 0.506. The molecule has 0 aliphatic heterocycles. The molecule has 29 heavy (non-hydrogen) atoms. The summed E-state index contributed by atoms with van der Waals surface area (Å²) in [4.78, 5) is 4.07. The summed E-state index contributed by atoms with van der Waals surface area (Å²) in [6, 6.07) is 17.8. The minimum atomic E-state index is -3.97. The van der Waals surface area contributed by atoms with Gasteiger partial charge in [-0.15, -0.1) is 0 Å². The molecule has 0 aliphatic rings. The number of hydrogen-bond donors (Lipinski definition) is 0. The average molecular weight is 411 g/mol. The van der Waals surface area contributed by atoms with E-state index in [0.29, 0.717) is 11.0 Å². The molecule has 0 saturated heterocycles. The van der Waals surface area contributed by atoms with Gasteiger partial charge in [0, 0.05) is 11.5 Å². The number of para-hydroxylation sites is 1. The molecule has 0 aliphatic carbocycles. The predicted octanol–water partition coefficient (Wildman–Crippen LogP) is 5.08. The van der Waals surface area contributed by atoms with Crippen LogP contribution in [0.15, 0.2) is 92.0 Å². The molecular formula is C22H15F2NO3S.